The van der Waals surface area contributed by atoms with Gasteiger partial charge in [0.15, 0.2) is 17.5 Å². The summed E-state index contributed by atoms with van der Waals surface area (Å²) < 4.78 is 13.5. The maximum Gasteiger partial charge on any atom is 0.164 e. The first-order valence-electron chi connectivity index (χ1n) is 11.2. The van der Waals surface area contributed by atoms with E-state index in [-0.39, 0.29) is 16.6 Å². The molecule has 0 unspecified atom stereocenters. The average molecular weight is 440 g/mol. The van der Waals surface area contributed by atoms with E-state index in [1.54, 1.807) is 12.1 Å². The van der Waals surface area contributed by atoms with Crippen LogP contribution in [0.15, 0.2) is 72.8 Å². The molecule has 4 aromatic rings. The predicted molar refractivity (Wildman–Crippen MR) is 133 cm³/mol. The molecular formula is C29H30FN3. The quantitative estimate of drug-likeness (QED) is 0.330. The number of aromatic nitrogens is 3. The van der Waals surface area contributed by atoms with E-state index < -0.39 is 0 Å². The largest absolute Gasteiger partial charge is 0.208 e. The number of nitrogens with zero attached hydrogens (tertiary/aromatic N) is 3. The van der Waals surface area contributed by atoms with Crippen molar-refractivity contribution >= 4 is 0 Å². The Morgan fingerprint density at radius 2 is 0.727 bits per heavy atom. The van der Waals surface area contributed by atoms with E-state index >= 15 is 0 Å². The van der Waals surface area contributed by atoms with Gasteiger partial charge in [-0.2, -0.15) is 0 Å². The average Bonchev–Trinajstić information content (AvgIpc) is 2.78. The molecule has 0 saturated heterocycles. The van der Waals surface area contributed by atoms with Crippen LogP contribution in [-0.4, -0.2) is 15.0 Å². The molecule has 0 radical (unpaired) electrons. The van der Waals surface area contributed by atoms with Crippen LogP contribution in [-0.2, 0) is 10.8 Å². The summed E-state index contributed by atoms with van der Waals surface area (Å²) >= 11 is 0. The van der Waals surface area contributed by atoms with Gasteiger partial charge in [0.25, 0.3) is 0 Å². The summed E-state index contributed by atoms with van der Waals surface area (Å²) in [5.41, 5.74) is 5.21. The maximum absolute atomic E-state index is 13.5. The first kappa shape index (κ1) is 22.8. The molecule has 4 heteroatoms. The van der Waals surface area contributed by atoms with E-state index in [0.717, 1.165) is 16.7 Å². The molecule has 3 nitrogen and oxygen atoms in total. The van der Waals surface area contributed by atoms with Crippen LogP contribution >= 0.6 is 0 Å². The van der Waals surface area contributed by atoms with Gasteiger partial charge in [-0.3, -0.25) is 0 Å². The second-order valence-corrected chi connectivity index (χ2v) is 10.5. The van der Waals surface area contributed by atoms with Crippen molar-refractivity contribution in [2.75, 3.05) is 0 Å². The van der Waals surface area contributed by atoms with Gasteiger partial charge < -0.3 is 0 Å². The molecule has 0 amide bonds. The standard InChI is InChI=1S/C29H30FN3/c1-28(2,3)22-13-7-19(8-14-22)25-31-26(20-9-15-23(16-10-20)29(4,5)6)33-27(32-25)21-11-17-24(30)18-12-21/h7-18H,1-6H3. The highest BCUT2D eigenvalue weighted by Crippen LogP contribution is 2.29. The minimum Gasteiger partial charge on any atom is -0.208 e. The third-order valence-corrected chi connectivity index (χ3v) is 5.76. The molecule has 3 aromatic carbocycles. The van der Waals surface area contributed by atoms with E-state index in [9.17, 15) is 4.39 Å². The van der Waals surface area contributed by atoms with Crippen LogP contribution in [0, 0.1) is 5.82 Å². The molecule has 0 N–H and O–H groups in total. The Kier molecular flexibility index (Phi) is 5.87. The fourth-order valence-electron chi connectivity index (χ4n) is 3.60. The van der Waals surface area contributed by atoms with E-state index in [1.165, 1.54) is 23.3 Å². The normalized spacial score (nSPS) is 12.1. The van der Waals surface area contributed by atoms with Gasteiger partial charge in [0.2, 0.25) is 0 Å². The third-order valence-electron chi connectivity index (χ3n) is 5.76. The summed E-state index contributed by atoms with van der Waals surface area (Å²) in [6, 6.07) is 22.9. The van der Waals surface area contributed by atoms with Gasteiger partial charge in [0.1, 0.15) is 5.82 Å². The van der Waals surface area contributed by atoms with Crippen LogP contribution in [0.3, 0.4) is 0 Å². The van der Waals surface area contributed by atoms with Gasteiger partial charge in [-0.05, 0) is 46.2 Å². The molecule has 0 atom stereocenters. The zero-order valence-electron chi connectivity index (χ0n) is 20.1. The fraction of sp³-hybridized carbons (Fsp3) is 0.276. The Labute approximate surface area is 195 Å². The summed E-state index contributed by atoms with van der Waals surface area (Å²) in [6.07, 6.45) is 0. The Morgan fingerprint density at radius 1 is 0.455 bits per heavy atom. The minimum atomic E-state index is -0.288. The predicted octanol–water partition coefficient (Wildman–Crippen LogP) is 7.61. The summed E-state index contributed by atoms with van der Waals surface area (Å²) in [5, 5.41) is 0. The van der Waals surface area contributed by atoms with E-state index in [0.29, 0.717) is 17.5 Å². The van der Waals surface area contributed by atoms with Crippen molar-refractivity contribution in [1.82, 2.24) is 15.0 Å². The van der Waals surface area contributed by atoms with Gasteiger partial charge in [-0.1, -0.05) is 90.1 Å². The molecule has 0 aliphatic rings. The Hall–Kier alpha value is -3.40. The monoisotopic (exact) mass is 439 g/mol. The van der Waals surface area contributed by atoms with Gasteiger partial charge in [0.05, 0.1) is 0 Å². The zero-order valence-corrected chi connectivity index (χ0v) is 20.1. The van der Waals surface area contributed by atoms with E-state index in [1.807, 2.05) is 0 Å². The Bertz CT molecular complexity index is 1170. The molecule has 0 fully saturated rings. The van der Waals surface area contributed by atoms with Gasteiger partial charge in [-0.15, -0.1) is 0 Å². The zero-order chi connectivity index (χ0) is 23.8. The topological polar surface area (TPSA) is 38.7 Å². The third kappa shape index (κ3) is 5.16. The highest BCUT2D eigenvalue weighted by molar-refractivity contribution is 5.66. The SMILES string of the molecule is CC(C)(C)c1ccc(-c2nc(-c3ccc(F)cc3)nc(-c3ccc(C(C)(C)C)cc3)n2)cc1. The van der Waals surface area contributed by atoms with Crippen molar-refractivity contribution < 1.29 is 4.39 Å². The van der Waals surface area contributed by atoms with Crippen LogP contribution in [0.5, 0.6) is 0 Å². The van der Waals surface area contributed by atoms with Crippen molar-refractivity contribution in [3.05, 3.63) is 89.7 Å². The van der Waals surface area contributed by atoms with Crippen LogP contribution < -0.4 is 0 Å². The summed E-state index contributed by atoms with van der Waals surface area (Å²) in [7, 11) is 0. The lowest BCUT2D eigenvalue weighted by atomic mass is 9.86. The molecule has 0 bridgehead atoms. The molecule has 0 saturated carbocycles. The van der Waals surface area contributed by atoms with Crippen molar-refractivity contribution in [3.8, 4) is 34.2 Å². The van der Waals surface area contributed by atoms with Crippen LogP contribution in [0.1, 0.15) is 52.7 Å². The number of benzene rings is 3. The molecule has 33 heavy (non-hydrogen) atoms. The summed E-state index contributed by atoms with van der Waals surface area (Å²) in [4.78, 5) is 14.3. The number of hydrogen-bond donors (Lipinski definition) is 0. The molecular weight excluding hydrogens is 409 g/mol. The molecule has 0 spiro atoms. The molecule has 1 heterocycles. The van der Waals surface area contributed by atoms with Gasteiger partial charge >= 0.3 is 0 Å². The number of rotatable bonds is 3. The van der Waals surface area contributed by atoms with Crippen molar-refractivity contribution in [2.24, 2.45) is 0 Å². The second kappa shape index (κ2) is 8.51. The first-order valence-corrected chi connectivity index (χ1v) is 11.2. The molecule has 4 rings (SSSR count). The lowest BCUT2D eigenvalue weighted by Crippen LogP contribution is -2.10. The van der Waals surface area contributed by atoms with E-state index in [2.05, 4.69) is 90.1 Å². The maximum atomic E-state index is 13.5. The van der Waals surface area contributed by atoms with Crippen molar-refractivity contribution in [2.45, 2.75) is 52.4 Å². The van der Waals surface area contributed by atoms with Gasteiger partial charge in [0, 0.05) is 16.7 Å². The second-order valence-electron chi connectivity index (χ2n) is 10.5. The highest BCUT2D eigenvalue weighted by atomic mass is 19.1. The molecule has 168 valence electrons. The number of hydrogen-bond acceptors (Lipinski definition) is 3. The fourth-order valence-corrected chi connectivity index (χ4v) is 3.60. The Balaban J connectivity index is 1.83. The lowest BCUT2D eigenvalue weighted by Gasteiger charge is -2.19. The lowest BCUT2D eigenvalue weighted by molar-refractivity contribution is 0.590. The minimum absolute atomic E-state index is 0.0663. The molecule has 0 aliphatic carbocycles. The Morgan fingerprint density at radius 3 is 1.00 bits per heavy atom. The summed E-state index contributed by atoms with van der Waals surface area (Å²) in [5.74, 6) is 1.43. The van der Waals surface area contributed by atoms with Crippen molar-refractivity contribution in [1.29, 1.82) is 0 Å². The smallest absolute Gasteiger partial charge is 0.164 e. The summed E-state index contributed by atoms with van der Waals surface area (Å²) in [6.45, 7) is 13.1. The van der Waals surface area contributed by atoms with Crippen molar-refractivity contribution in [3.63, 3.8) is 0 Å². The van der Waals surface area contributed by atoms with E-state index in [4.69, 9.17) is 15.0 Å². The molecule has 0 aliphatic heterocycles. The highest BCUT2D eigenvalue weighted by Gasteiger charge is 2.17. The first-order chi connectivity index (χ1) is 15.5. The van der Waals surface area contributed by atoms with Crippen LogP contribution in [0.2, 0.25) is 0 Å². The van der Waals surface area contributed by atoms with Crippen LogP contribution in [0.4, 0.5) is 4.39 Å². The van der Waals surface area contributed by atoms with Gasteiger partial charge in [-0.25, -0.2) is 19.3 Å². The number of halogens is 1. The molecule has 1 aromatic heterocycles. The van der Waals surface area contributed by atoms with Crippen LogP contribution in [0.25, 0.3) is 34.2 Å².